The predicted octanol–water partition coefficient (Wildman–Crippen LogP) is 5.06. The third-order valence-corrected chi connectivity index (χ3v) is 4.82. The second-order valence-electron chi connectivity index (χ2n) is 4.92. The number of para-hydroxylation sites is 2. The van der Waals surface area contributed by atoms with Crippen molar-refractivity contribution in [2.75, 3.05) is 18.5 Å². The van der Waals surface area contributed by atoms with Gasteiger partial charge >= 0.3 is 0 Å². The molecule has 0 saturated carbocycles. The Kier molecular flexibility index (Phi) is 7.29. The van der Waals surface area contributed by atoms with Gasteiger partial charge in [0.05, 0.1) is 13.2 Å². The average molecular weight is 329 g/mol. The lowest BCUT2D eigenvalue weighted by atomic mass is 9.86. The molecule has 0 unspecified atom stereocenters. The van der Waals surface area contributed by atoms with Crippen molar-refractivity contribution in [2.24, 2.45) is 5.41 Å². The fraction of sp³-hybridized carbons (Fsp3) is 0.625. The highest BCUT2D eigenvalue weighted by Gasteiger charge is 2.26. The Hall–Kier alpha value is -0.700. The summed E-state index contributed by atoms with van der Waals surface area (Å²) in [5, 5.41) is 0.963. The zero-order valence-electron chi connectivity index (χ0n) is 12.2. The highest BCUT2D eigenvalue weighted by molar-refractivity contribution is 9.09. The van der Waals surface area contributed by atoms with Gasteiger partial charge in [-0.15, -0.1) is 0 Å². The molecule has 108 valence electrons. The highest BCUT2D eigenvalue weighted by atomic mass is 79.9. The Bertz CT molecular complexity index is 353. The third-order valence-electron chi connectivity index (χ3n) is 3.63. The molecule has 3 heteroatoms. The smallest absolute Gasteiger partial charge is 0.161 e. The van der Waals surface area contributed by atoms with Gasteiger partial charge in [0.2, 0.25) is 0 Å². The van der Waals surface area contributed by atoms with Gasteiger partial charge in [-0.1, -0.05) is 48.8 Å². The van der Waals surface area contributed by atoms with E-state index in [1.807, 2.05) is 24.3 Å². The summed E-state index contributed by atoms with van der Waals surface area (Å²) < 4.78 is 11.7. The summed E-state index contributed by atoms with van der Waals surface area (Å²) in [7, 11) is 0. The SMILES string of the molecule is CCCOc1ccccc1OCC(CC)(CC)CBr. The molecule has 0 atom stereocenters. The van der Waals surface area contributed by atoms with Crippen molar-refractivity contribution < 1.29 is 9.47 Å². The van der Waals surface area contributed by atoms with E-state index in [1.54, 1.807) is 0 Å². The van der Waals surface area contributed by atoms with Crippen molar-refractivity contribution in [3.63, 3.8) is 0 Å². The minimum absolute atomic E-state index is 0.206. The molecule has 19 heavy (non-hydrogen) atoms. The summed E-state index contributed by atoms with van der Waals surface area (Å²) in [6, 6.07) is 7.92. The van der Waals surface area contributed by atoms with Crippen LogP contribution in [-0.2, 0) is 0 Å². The van der Waals surface area contributed by atoms with Gasteiger partial charge in [0.1, 0.15) is 0 Å². The van der Waals surface area contributed by atoms with Crippen molar-refractivity contribution in [2.45, 2.75) is 40.0 Å². The first-order valence-corrected chi connectivity index (χ1v) is 8.24. The van der Waals surface area contributed by atoms with Crippen LogP contribution in [-0.4, -0.2) is 18.5 Å². The van der Waals surface area contributed by atoms with Gasteiger partial charge < -0.3 is 9.47 Å². The predicted molar refractivity (Wildman–Crippen MR) is 84.5 cm³/mol. The molecular formula is C16H25BrO2. The molecule has 0 fully saturated rings. The average Bonchev–Trinajstić information content (AvgIpc) is 2.48. The minimum atomic E-state index is 0.206. The summed E-state index contributed by atoms with van der Waals surface area (Å²) in [6.45, 7) is 7.98. The van der Waals surface area contributed by atoms with Gasteiger partial charge in [-0.25, -0.2) is 0 Å². The van der Waals surface area contributed by atoms with Crippen LogP contribution in [0, 0.1) is 5.41 Å². The Morgan fingerprint density at radius 3 is 2.05 bits per heavy atom. The molecule has 0 bridgehead atoms. The zero-order valence-corrected chi connectivity index (χ0v) is 13.8. The minimum Gasteiger partial charge on any atom is -0.490 e. The van der Waals surface area contributed by atoms with E-state index in [1.165, 1.54) is 0 Å². The molecule has 0 N–H and O–H groups in total. The molecule has 0 aliphatic heterocycles. The Morgan fingerprint density at radius 1 is 1.00 bits per heavy atom. The van der Waals surface area contributed by atoms with Gasteiger partial charge in [0, 0.05) is 10.7 Å². The van der Waals surface area contributed by atoms with Crippen LogP contribution in [0.15, 0.2) is 24.3 Å². The van der Waals surface area contributed by atoms with Crippen LogP contribution in [0.4, 0.5) is 0 Å². The van der Waals surface area contributed by atoms with E-state index in [4.69, 9.17) is 9.47 Å². The van der Waals surface area contributed by atoms with E-state index in [-0.39, 0.29) is 5.41 Å². The molecule has 0 spiro atoms. The Morgan fingerprint density at radius 2 is 1.58 bits per heavy atom. The topological polar surface area (TPSA) is 18.5 Å². The summed E-state index contributed by atoms with van der Waals surface area (Å²) in [4.78, 5) is 0. The molecule has 0 amide bonds. The second kappa shape index (κ2) is 8.47. The first-order chi connectivity index (χ1) is 9.21. The third kappa shape index (κ3) is 4.72. The van der Waals surface area contributed by atoms with Gasteiger partial charge in [-0.2, -0.15) is 0 Å². The molecular weight excluding hydrogens is 304 g/mol. The van der Waals surface area contributed by atoms with Crippen LogP contribution in [0.1, 0.15) is 40.0 Å². The summed E-state index contributed by atoms with van der Waals surface area (Å²) in [6.07, 6.45) is 3.21. The standard InChI is InChI=1S/C16H25BrO2/c1-4-11-18-14-9-7-8-10-15(14)19-13-16(5-2,6-3)12-17/h7-10H,4-6,11-13H2,1-3H3. The molecule has 0 saturated heterocycles. The van der Waals surface area contributed by atoms with Crippen molar-refractivity contribution in [1.29, 1.82) is 0 Å². The van der Waals surface area contributed by atoms with Crippen LogP contribution in [0.2, 0.25) is 0 Å². The molecule has 0 aromatic heterocycles. The Balaban J connectivity index is 2.71. The molecule has 0 aliphatic carbocycles. The number of hydrogen-bond acceptors (Lipinski definition) is 2. The van der Waals surface area contributed by atoms with Crippen molar-refractivity contribution >= 4 is 15.9 Å². The second-order valence-corrected chi connectivity index (χ2v) is 5.49. The quantitative estimate of drug-likeness (QED) is 0.590. The molecule has 0 heterocycles. The van der Waals surface area contributed by atoms with E-state index in [2.05, 4.69) is 36.7 Å². The van der Waals surface area contributed by atoms with E-state index in [0.717, 1.165) is 49.3 Å². The molecule has 1 rings (SSSR count). The molecule has 0 aliphatic rings. The fourth-order valence-electron chi connectivity index (χ4n) is 1.81. The maximum atomic E-state index is 6.02. The zero-order chi connectivity index (χ0) is 14.1. The number of ether oxygens (including phenoxy) is 2. The van der Waals surface area contributed by atoms with E-state index < -0.39 is 0 Å². The number of alkyl halides is 1. The number of benzene rings is 1. The molecule has 2 nitrogen and oxygen atoms in total. The van der Waals surface area contributed by atoms with Gasteiger partial charge in [-0.3, -0.25) is 0 Å². The molecule has 1 aromatic rings. The van der Waals surface area contributed by atoms with Crippen LogP contribution in [0.5, 0.6) is 11.5 Å². The summed E-state index contributed by atoms with van der Waals surface area (Å²) in [5.74, 6) is 1.70. The van der Waals surface area contributed by atoms with E-state index in [9.17, 15) is 0 Å². The van der Waals surface area contributed by atoms with Gasteiger partial charge in [-0.05, 0) is 31.4 Å². The lowest BCUT2D eigenvalue weighted by molar-refractivity contribution is 0.152. The van der Waals surface area contributed by atoms with E-state index >= 15 is 0 Å². The van der Waals surface area contributed by atoms with E-state index in [0.29, 0.717) is 0 Å². The largest absolute Gasteiger partial charge is 0.490 e. The lowest BCUT2D eigenvalue weighted by Gasteiger charge is -2.29. The maximum Gasteiger partial charge on any atom is 0.161 e. The number of rotatable bonds is 9. The van der Waals surface area contributed by atoms with Crippen LogP contribution in [0.25, 0.3) is 0 Å². The lowest BCUT2D eigenvalue weighted by Crippen LogP contribution is -2.29. The van der Waals surface area contributed by atoms with Crippen molar-refractivity contribution in [3.05, 3.63) is 24.3 Å². The normalized spacial score (nSPS) is 11.4. The van der Waals surface area contributed by atoms with Gasteiger partial charge in [0.15, 0.2) is 11.5 Å². The number of hydrogen-bond donors (Lipinski definition) is 0. The monoisotopic (exact) mass is 328 g/mol. The Labute approximate surface area is 125 Å². The molecule has 0 radical (unpaired) electrons. The van der Waals surface area contributed by atoms with Crippen molar-refractivity contribution in [3.8, 4) is 11.5 Å². The van der Waals surface area contributed by atoms with Crippen LogP contribution >= 0.6 is 15.9 Å². The summed E-state index contributed by atoms with van der Waals surface area (Å²) >= 11 is 3.62. The van der Waals surface area contributed by atoms with Crippen molar-refractivity contribution in [1.82, 2.24) is 0 Å². The summed E-state index contributed by atoms with van der Waals surface area (Å²) in [5.41, 5.74) is 0.206. The highest BCUT2D eigenvalue weighted by Crippen LogP contribution is 2.33. The first-order valence-electron chi connectivity index (χ1n) is 7.12. The van der Waals surface area contributed by atoms with Crippen LogP contribution < -0.4 is 9.47 Å². The first kappa shape index (κ1) is 16.4. The molecule has 1 aromatic carbocycles. The maximum absolute atomic E-state index is 6.02. The number of halogens is 1. The van der Waals surface area contributed by atoms with Gasteiger partial charge in [0.25, 0.3) is 0 Å². The van der Waals surface area contributed by atoms with Crippen LogP contribution in [0.3, 0.4) is 0 Å². The fourth-order valence-corrected chi connectivity index (χ4v) is 2.77.